The molecule has 0 aliphatic heterocycles. The molecule has 1 unspecified atom stereocenters. The Balaban J connectivity index is 4.41. The summed E-state index contributed by atoms with van der Waals surface area (Å²) in [5, 5.41) is -0.264. The van der Waals surface area contributed by atoms with E-state index in [1.165, 1.54) is 0 Å². The smallest absolute Gasteiger partial charge is 0.154 e. The van der Waals surface area contributed by atoms with Gasteiger partial charge in [0.2, 0.25) is 0 Å². The first-order chi connectivity index (χ1) is 5.69. The summed E-state index contributed by atoms with van der Waals surface area (Å²) in [6, 6.07) is 0. The molecule has 0 aromatic heterocycles. The number of hydrogen-bond donors (Lipinski definition) is 1. The molecule has 0 amide bonds. The Hall–Kier alpha value is -0.0900. The Bertz CT molecular complexity index is 239. The zero-order valence-electron chi connectivity index (χ0n) is 9.00. The molecule has 0 aromatic carbocycles. The van der Waals surface area contributed by atoms with E-state index in [9.17, 15) is 8.42 Å². The van der Waals surface area contributed by atoms with Crippen LogP contribution in [0.5, 0.6) is 0 Å². The van der Waals surface area contributed by atoms with Crippen LogP contribution in [0.1, 0.15) is 40.5 Å². The quantitative estimate of drug-likeness (QED) is 0.740. The summed E-state index contributed by atoms with van der Waals surface area (Å²) < 4.78 is 23.3. The molecule has 0 rings (SSSR count). The van der Waals surface area contributed by atoms with E-state index in [2.05, 4.69) is 0 Å². The van der Waals surface area contributed by atoms with Crippen LogP contribution in [0.4, 0.5) is 0 Å². The van der Waals surface area contributed by atoms with Gasteiger partial charge in [0.15, 0.2) is 9.84 Å². The van der Waals surface area contributed by atoms with E-state index in [4.69, 9.17) is 5.73 Å². The first-order valence-electron chi connectivity index (χ1n) is 4.69. The Morgan fingerprint density at radius 3 is 2.15 bits per heavy atom. The molecule has 3 nitrogen and oxygen atoms in total. The molecule has 0 aromatic rings. The third-order valence-corrected chi connectivity index (χ3v) is 4.49. The van der Waals surface area contributed by atoms with Crippen LogP contribution >= 0.6 is 0 Å². The van der Waals surface area contributed by atoms with Gasteiger partial charge in [-0.15, -0.1) is 0 Å². The van der Waals surface area contributed by atoms with Crippen LogP contribution < -0.4 is 5.73 Å². The second kappa shape index (κ2) is 4.42. The van der Waals surface area contributed by atoms with Crippen molar-refractivity contribution in [3.8, 4) is 0 Å². The average Bonchev–Trinajstić information content (AvgIpc) is 1.82. The molecule has 0 fully saturated rings. The van der Waals surface area contributed by atoms with Crippen molar-refractivity contribution in [2.75, 3.05) is 5.75 Å². The highest BCUT2D eigenvalue weighted by Gasteiger charge is 2.26. The molecule has 1 atom stereocenters. The third kappa shape index (κ3) is 5.26. The standard InChI is InChI=1S/C9H21NO2S/c1-5-6-8(2)13(11,12)7-9(3,4)10/h8H,5-7,10H2,1-4H3. The lowest BCUT2D eigenvalue weighted by molar-refractivity contribution is 0.532. The van der Waals surface area contributed by atoms with Crippen molar-refractivity contribution in [1.82, 2.24) is 0 Å². The number of hydrogen-bond acceptors (Lipinski definition) is 3. The van der Waals surface area contributed by atoms with E-state index in [0.29, 0.717) is 0 Å². The number of nitrogens with two attached hydrogens (primary N) is 1. The molecule has 4 heteroatoms. The highest BCUT2D eigenvalue weighted by atomic mass is 32.2. The minimum absolute atomic E-state index is 0.0706. The Morgan fingerprint density at radius 1 is 1.38 bits per heavy atom. The third-order valence-electron chi connectivity index (χ3n) is 1.88. The van der Waals surface area contributed by atoms with Gasteiger partial charge in [-0.3, -0.25) is 0 Å². The van der Waals surface area contributed by atoms with Crippen LogP contribution in [0, 0.1) is 0 Å². The maximum absolute atomic E-state index is 11.7. The monoisotopic (exact) mass is 207 g/mol. The van der Waals surface area contributed by atoms with Gasteiger partial charge in [-0.25, -0.2) is 8.42 Å². The van der Waals surface area contributed by atoms with Gasteiger partial charge in [-0.2, -0.15) is 0 Å². The molecule has 80 valence electrons. The zero-order chi connectivity index (χ0) is 10.7. The molecule has 2 N–H and O–H groups in total. The van der Waals surface area contributed by atoms with Crippen LogP contribution in [0.2, 0.25) is 0 Å². The fourth-order valence-corrected chi connectivity index (χ4v) is 3.16. The lowest BCUT2D eigenvalue weighted by Gasteiger charge is -2.21. The van der Waals surface area contributed by atoms with Gasteiger partial charge >= 0.3 is 0 Å². The van der Waals surface area contributed by atoms with Crippen molar-refractivity contribution in [3.05, 3.63) is 0 Å². The maximum Gasteiger partial charge on any atom is 0.154 e. The molecule has 0 spiro atoms. The largest absolute Gasteiger partial charge is 0.325 e. The van der Waals surface area contributed by atoms with Gasteiger partial charge in [0.1, 0.15) is 0 Å². The lowest BCUT2D eigenvalue weighted by Crippen LogP contribution is -2.42. The molecule has 0 saturated heterocycles. The van der Waals surface area contributed by atoms with E-state index >= 15 is 0 Å². The van der Waals surface area contributed by atoms with E-state index in [-0.39, 0.29) is 11.0 Å². The topological polar surface area (TPSA) is 60.2 Å². The van der Waals surface area contributed by atoms with E-state index in [1.807, 2.05) is 6.92 Å². The van der Waals surface area contributed by atoms with Crippen molar-refractivity contribution >= 4 is 9.84 Å². The summed E-state index contributed by atoms with van der Waals surface area (Å²) in [6.07, 6.45) is 1.61. The molecular weight excluding hydrogens is 186 g/mol. The summed E-state index contributed by atoms with van der Waals surface area (Å²) in [6.45, 7) is 7.22. The molecule has 0 bridgehead atoms. The number of sulfone groups is 1. The van der Waals surface area contributed by atoms with Crippen LogP contribution in [0.3, 0.4) is 0 Å². The van der Waals surface area contributed by atoms with Gasteiger partial charge < -0.3 is 5.73 Å². The molecule has 0 aliphatic carbocycles. The van der Waals surface area contributed by atoms with Gasteiger partial charge in [0.05, 0.1) is 11.0 Å². The van der Waals surface area contributed by atoms with Crippen molar-refractivity contribution in [1.29, 1.82) is 0 Å². The van der Waals surface area contributed by atoms with E-state index < -0.39 is 15.4 Å². The minimum atomic E-state index is -3.01. The normalized spacial score (nSPS) is 15.8. The predicted molar refractivity (Wildman–Crippen MR) is 56.4 cm³/mol. The average molecular weight is 207 g/mol. The first-order valence-corrected chi connectivity index (χ1v) is 6.41. The number of rotatable bonds is 5. The second-order valence-corrected chi connectivity index (χ2v) is 6.81. The van der Waals surface area contributed by atoms with Crippen LogP contribution in [0.15, 0.2) is 0 Å². The SMILES string of the molecule is CCCC(C)S(=O)(=O)CC(C)(C)N. The Morgan fingerprint density at radius 2 is 1.85 bits per heavy atom. The van der Waals surface area contributed by atoms with Crippen molar-refractivity contribution < 1.29 is 8.42 Å². The van der Waals surface area contributed by atoms with E-state index in [0.717, 1.165) is 12.8 Å². The predicted octanol–water partition coefficient (Wildman–Crippen LogP) is 1.33. The van der Waals surface area contributed by atoms with Gasteiger partial charge in [-0.05, 0) is 27.2 Å². The molecule has 0 heterocycles. The lowest BCUT2D eigenvalue weighted by atomic mass is 10.1. The Kier molecular flexibility index (Phi) is 4.39. The van der Waals surface area contributed by atoms with Crippen LogP contribution in [0.25, 0.3) is 0 Å². The highest BCUT2D eigenvalue weighted by Crippen LogP contribution is 2.13. The zero-order valence-corrected chi connectivity index (χ0v) is 9.82. The van der Waals surface area contributed by atoms with Crippen molar-refractivity contribution in [3.63, 3.8) is 0 Å². The second-order valence-electron chi connectivity index (χ2n) is 4.40. The minimum Gasteiger partial charge on any atom is -0.325 e. The van der Waals surface area contributed by atoms with Gasteiger partial charge in [-0.1, -0.05) is 13.3 Å². The van der Waals surface area contributed by atoms with E-state index in [1.54, 1.807) is 20.8 Å². The fourth-order valence-electron chi connectivity index (χ4n) is 1.25. The molecule has 0 aliphatic rings. The van der Waals surface area contributed by atoms with Crippen LogP contribution in [-0.2, 0) is 9.84 Å². The summed E-state index contributed by atoms with van der Waals surface area (Å²) in [5.41, 5.74) is 5.05. The summed E-state index contributed by atoms with van der Waals surface area (Å²) in [5.74, 6) is 0.0706. The molecule has 0 saturated carbocycles. The summed E-state index contributed by atoms with van der Waals surface area (Å²) >= 11 is 0. The van der Waals surface area contributed by atoms with Crippen molar-refractivity contribution in [2.24, 2.45) is 5.73 Å². The highest BCUT2D eigenvalue weighted by molar-refractivity contribution is 7.92. The summed E-state index contributed by atoms with van der Waals surface area (Å²) in [7, 11) is -3.01. The van der Waals surface area contributed by atoms with Gasteiger partial charge in [0.25, 0.3) is 0 Å². The molecular formula is C9H21NO2S. The summed E-state index contributed by atoms with van der Waals surface area (Å²) in [4.78, 5) is 0. The van der Waals surface area contributed by atoms with Gasteiger partial charge in [0, 0.05) is 5.54 Å². The maximum atomic E-state index is 11.7. The fraction of sp³-hybridized carbons (Fsp3) is 1.00. The molecule has 0 radical (unpaired) electrons. The Labute approximate surface area is 81.6 Å². The van der Waals surface area contributed by atoms with Crippen molar-refractivity contribution in [2.45, 2.75) is 51.3 Å². The molecule has 13 heavy (non-hydrogen) atoms. The van der Waals surface area contributed by atoms with Crippen LogP contribution in [-0.4, -0.2) is 25.0 Å². The first kappa shape index (κ1) is 12.9.